The normalized spacial score (nSPS) is 11.2. The second-order valence-electron chi connectivity index (χ2n) is 6.44. The molecule has 0 atom stereocenters. The zero-order chi connectivity index (χ0) is 20.3. The fraction of sp³-hybridized carbons (Fsp3) is 0.238. The molecule has 0 radical (unpaired) electrons. The quantitative estimate of drug-likeness (QED) is 0.534. The second kappa shape index (κ2) is 8.27. The topological polar surface area (TPSA) is 83.8 Å². The molecule has 0 aliphatic rings. The first kappa shape index (κ1) is 20.5. The van der Waals surface area contributed by atoms with Crippen molar-refractivity contribution >= 4 is 29.4 Å². The van der Waals surface area contributed by atoms with E-state index >= 15 is 0 Å². The summed E-state index contributed by atoms with van der Waals surface area (Å²) in [7, 11) is 0. The van der Waals surface area contributed by atoms with Crippen molar-refractivity contribution in [3.63, 3.8) is 0 Å². The predicted octanol–water partition coefficient (Wildman–Crippen LogP) is 5.04. The molecule has 2 aromatic carbocycles. The van der Waals surface area contributed by atoms with Crippen LogP contribution in [0.5, 0.6) is 11.5 Å². The maximum absolute atomic E-state index is 12.4. The summed E-state index contributed by atoms with van der Waals surface area (Å²) in [6.45, 7) is 7.05. The van der Waals surface area contributed by atoms with Crippen molar-refractivity contribution in [3.8, 4) is 11.5 Å². The zero-order valence-electron chi connectivity index (χ0n) is 15.5. The summed E-state index contributed by atoms with van der Waals surface area (Å²) in [5, 5.41) is 19.7. The fourth-order valence-electron chi connectivity index (χ4n) is 2.81. The molecule has 0 aromatic heterocycles. The Labute approximate surface area is 162 Å². The molecule has 2 N–H and O–H groups in total. The number of phenols is 1. The maximum Gasteiger partial charge on any atom is 0.336 e. The van der Waals surface area contributed by atoms with Crippen molar-refractivity contribution in [2.45, 2.75) is 33.8 Å². The van der Waals surface area contributed by atoms with E-state index in [4.69, 9.17) is 16.3 Å². The van der Waals surface area contributed by atoms with Gasteiger partial charge in [-0.2, -0.15) is 0 Å². The van der Waals surface area contributed by atoms with E-state index in [9.17, 15) is 19.8 Å². The molecule has 0 saturated carbocycles. The molecule has 0 spiro atoms. The van der Waals surface area contributed by atoms with E-state index in [1.165, 1.54) is 24.3 Å². The molecule has 0 bridgehead atoms. The van der Waals surface area contributed by atoms with Crippen LogP contribution in [0.2, 0.25) is 5.02 Å². The number of carbonyl (C=O) groups is 2. The van der Waals surface area contributed by atoms with Gasteiger partial charge in [-0.05, 0) is 69.7 Å². The summed E-state index contributed by atoms with van der Waals surface area (Å²) in [6.07, 6.45) is 2.70. The third-order valence-electron chi connectivity index (χ3n) is 3.95. The Kier molecular flexibility index (Phi) is 6.28. The lowest BCUT2D eigenvalue weighted by atomic mass is 9.97. The monoisotopic (exact) mass is 388 g/mol. The Morgan fingerprint density at radius 2 is 1.85 bits per heavy atom. The van der Waals surface area contributed by atoms with Crippen LogP contribution in [-0.2, 0) is 0 Å². The largest absolute Gasteiger partial charge is 0.507 e. The number of carboxylic acid groups (broad SMARTS) is 1. The Balaban J connectivity index is 2.49. The van der Waals surface area contributed by atoms with Gasteiger partial charge in [-0.3, -0.25) is 4.79 Å². The first-order valence-electron chi connectivity index (χ1n) is 8.37. The summed E-state index contributed by atoms with van der Waals surface area (Å²) in [5.41, 5.74) is 1.96. The maximum atomic E-state index is 12.4. The van der Waals surface area contributed by atoms with Gasteiger partial charge >= 0.3 is 5.97 Å². The van der Waals surface area contributed by atoms with Crippen LogP contribution in [0.25, 0.3) is 6.08 Å². The number of allylic oxidation sites excluding steroid dienone is 1. The van der Waals surface area contributed by atoms with Gasteiger partial charge in [0.25, 0.3) is 0 Å². The third kappa shape index (κ3) is 4.68. The highest BCUT2D eigenvalue weighted by atomic mass is 35.5. The van der Waals surface area contributed by atoms with E-state index < -0.39 is 11.8 Å². The number of ether oxygens (including phenoxy) is 1. The minimum atomic E-state index is -1.03. The van der Waals surface area contributed by atoms with Gasteiger partial charge in [0.05, 0.1) is 17.2 Å². The number of hydrogen-bond acceptors (Lipinski definition) is 4. The number of benzene rings is 2. The zero-order valence-corrected chi connectivity index (χ0v) is 16.3. The van der Waals surface area contributed by atoms with Gasteiger partial charge in [0.1, 0.15) is 11.5 Å². The summed E-state index contributed by atoms with van der Waals surface area (Å²) in [4.78, 5) is 23.9. The number of phenolic OH excluding ortho intramolecular Hbond substituents is 1. The lowest BCUT2D eigenvalue weighted by molar-refractivity contribution is 0.0694. The second-order valence-corrected chi connectivity index (χ2v) is 6.88. The summed E-state index contributed by atoms with van der Waals surface area (Å²) in [6, 6.07) is 5.93. The third-order valence-corrected chi connectivity index (χ3v) is 4.19. The van der Waals surface area contributed by atoms with Crippen LogP contribution >= 0.6 is 11.6 Å². The van der Waals surface area contributed by atoms with Crippen molar-refractivity contribution in [2.24, 2.45) is 0 Å². The number of rotatable bonds is 6. The highest BCUT2D eigenvalue weighted by Crippen LogP contribution is 2.32. The predicted molar refractivity (Wildman–Crippen MR) is 105 cm³/mol. The minimum absolute atomic E-state index is 0.123. The minimum Gasteiger partial charge on any atom is -0.507 e. The fourth-order valence-corrected chi connectivity index (χ4v) is 2.98. The Hall–Kier alpha value is -2.79. The molecule has 0 aliphatic heterocycles. The lowest BCUT2D eigenvalue weighted by Crippen LogP contribution is -2.12. The molecule has 0 unspecified atom stereocenters. The van der Waals surface area contributed by atoms with E-state index in [0.717, 1.165) is 0 Å². The Morgan fingerprint density at radius 1 is 1.19 bits per heavy atom. The van der Waals surface area contributed by atoms with Crippen LogP contribution in [-0.4, -0.2) is 28.1 Å². The van der Waals surface area contributed by atoms with Crippen LogP contribution < -0.4 is 4.74 Å². The van der Waals surface area contributed by atoms with Gasteiger partial charge in [-0.15, -0.1) is 0 Å². The number of ketones is 1. The summed E-state index contributed by atoms with van der Waals surface area (Å²) < 4.78 is 5.81. The molecular weight excluding hydrogens is 368 g/mol. The van der Waals surface area contributed by atoms with Crippen molar-refractivity contribution in [1.82, 2.24) is 0 Å². The van der Waals surface area contributed by atoms with Gasteiger partial charge in [0, 0.05) is 16.1 Å². The van der Waals surface area contributed by atoms with E-state index in [1.54, 1.807) is 26.0 Å². The highest BCUT2D eigenvalue weighted by Gasteiger charge is 2.19. The number of aromatic hydroxyl groups is 1. The van der Waals surface area contributed by atoms with Crippen LogP contribution in [0.4, 0.5) is 0 Å². The van der Waals surface area contributed by atoms with Crippen molar-refractivity contribution in [1.29, 1.82) is 0 Å². The van der Waals surface area contributed by atoms with E-state index in [2.05, 4.69) is 0 Å². The van der Waals surface area contributed by atoms with Gasteiger partial charge in [-0.1, -0.05) is 11.6 Å². The van der Waals surface area contributed by atoms with E-state index in [1.807, 2.05) is 13.8 Å². The van der Waals surface area contributed by atoms with Gasteiger partial charge < -0.3 is 14.9 Å². The number of carbonyl (C=O) groups excluding carboxylic acids is 1. The van der Waals surface area contributed by atoms with Crippen molar-refractivity contribution in [2.75, 3.05) is 0 Å². The molecule has 2 aromatic rings. The SMILES string of the molecule is Cc1cc(C=CC(=O)c2ccc(Cl)cc2O)c(OC(C)C)c(C)c1C(=O)O. The van der Waals surface area contributed by atoms with Crippen molar-refractivity contribution < 1.29 is 24.5 Å². The smallest absolute Gasteiger partial charge is 0.336 e. The number of carboxylic acids is 1. The summed E-state index contributed by atoms with van der Waals surface area (Å²) >= 11 is 5.79. The van der Waals surface area contributed by atoms with E-state index in [-0.39, 0.29) is 23.0 Å². The highest BCUT2D eigenvalue weighted by molar-refractivity contribution is 6.31. The molecule has 27 heavy (non-hydrogen) atoms. The molecular formula is C21H21ClO5. The number of halogens is 1. The van der Waals surface area contributed by atoms with Gasteiger partial charge in [0.2, 0.25) is 0 Å². The molecule has 0 amide bonds. The molecule has 0 saturated heterocycles. The number of aryl methyl sites for hydroxylation is 1. The first-order chi connectivity index (χ1) is 12.6. The first-order valence-corrected chi connectivity index (χ1v) is 8.74. The van der Waals surface area contributed by atoms with Gasteiger partial charge in [-0.25, -0.2) is 4.79 Å². The van der Waals surface area contributed by atoms with Crippen LogP contribution in [0.3, 0.4) is 0 Å². The molecule has 142 valence electrons. The lowest BCUT2D eigenvalue weighted by Gasteiger charge is -2.18. The molecule has 0 fully saturated rings. The van der Waals surface area contributed by atoms with Crippen LogP contribution in [0.1, 0.15) is 51.3 Å². The van der Waals surface area contributed by atoms with Crippen molar-refractivity contribution in [3.05, 3.63) is 63.2 Å². The molecule has 5 nitrogen and oxygen atoms in total. The average molecular weight is 389 g/mol. The van der Waals surface area contributed by atoms with Gasteiger partial charge in [0.15, 0.2) is 5.78 Å². The number of hydrogen-bond donors (Lipinski definition) is 2. The molecule has 0 heterocycles. The van der Waals surface area contributed by atoms with Crippen LogP contribution in [0.15, 0.2) is 30.3 Å². The molecule has 0 aliphatic carbocycles. The standard InChI is InChI=1S/C21H21ClO5/c1-11(2)27-20-13(4)19(21(25)26)12(3)9-14(20)5-8-17(23)16-7-6-15(22)10-18(16)24/h5-11,24H,1-4H3,(H,25,26). The molecule has 6 heteroatoms. The van der Waals surface area contributed by atoms with Crippen LogP contribution in [0, 0.1) is 13.8 Å². The number of aromatic carboxylic acids is 1. The Bertz CT molecular complexity index is 929. The molecule has 2 rings (SSSR count). The summed E-state index contributed by atoms with van der Waals surface area (Å²) in [5.74, 6) is -1.23. The Morgan fingerprint density at radius 3 is 2.41 bits per heavy atom. The van der Waals surface area contributed by atoms with E-state index in [0.29, 0.717) is 27.5 Å². The average Bonchev–Trinajstić information content (AvgIpc) is 2.54.